The van der Waals surface area contributed by atoms with Crippen molar-refractivity contribution in [3.05, 3.63) is 194 Å². The minimum atomic E-state index is -0.0660. The number of fused-ring (bicyclic) bond motifs is 10. The maximum atomic E-state index is 9.62. The number of hydrogen-bond acceptors (Lipinski definition) is 3. The van der Waals surface area contributed by atoms with Gasteiger partial charge in [0.05, 0.1) is 52.8 Å². The van der Waals surface area contributed by atoms with Crippen LogP contribution in [-0.2, 0) is 0 Å². The molecule has 0 aliphatic rings. The first-order chi connectivity index (χ1) is 30.7. The van der Waals surface area contributed by atoms with Crippen molar-refractivity contribution in [3.8, 4) is 45.3 Å². The lowest BCUT2D eigenvalue weighted by Crippen LogP contribution is -1.99. The van der Waals surface area contributed by atoms with Crippen LogP contribution >= 0.6 is 0 Å². The van der Waals surface area contributed by atoms with Gasteiger partial charge < -0.3 is 13.6 Å². The van der Waals surface area contributed by atoms with Crippen LogP contribution in [0.15, 0.2) is 198 Å². The molecule has 4 aromatic heterocycles. The zero-order chi connectivity index (χ0) is 42.7. The predicted molar refractivity (Wildman–Crippen MR) is 234 cm³/mol. The highest BCUT2D eigenvalue weighted by molar-refractivity contribution is 6.24. The summed E-state index contributed by atoms with van der Waals surface area (Å²) in [4.78, 5) is 10.0. The van der Waals surface area contributed by atoms with Gasteiger partial charge in [-0.25, -0.2) is 9.97 Å². The third kappa shape index (κ3) is 4.82. The van der Waals surface area contributed by atoms with Gasteiger partial charge in [-0.3, -0.25) is 0 Å². The Hall–Kier alpha value is -7.76. The third-order valence-corrected chi connectivity index (χ3v) is 10.8. The molecule has 8 aromatic carbocycles. The highest BCUT2D eigenvalue weighted by Crippen LogP contribution is 2.44. The first-order valence-corrected chi connectivity index (χ1v) is 18.7. The fraction of sp³-hybridized carbons (Fsp3) is 0. The van der Waals surface area contributed by atoms with E-state index in [1.807, 2.05) is 143 Å². The van der Waals surface area contributed by atoms with Crippen molar-refractivity contribution in [2.24, 2.45) is 0 Å². The van der Waals surface area contributed by atoms with Crippen LogP contribution in [0.25, 0.3) is 111 Å². The van der Waals surface area contributed by atoms with E-state index < -0.39 is 0 Å². The van der Waals surface area contributed by atoms with E-state index in [0.717, 1.165) is 44.5 Å². The average molecular weight is 735 g/mol. The molecule has 266 valence electrons. The van der Waals surface area contributed by atoms with Gasteiger partial charge in [0.15, 0.2) is 5.82 Å². The summed E-state index contributed by atoms with van der Waals surface area (Å²) >= 11 is 0. The van der Waals surface area contributed by atoms with Gasteiger partial charge in [-0.2, -0.15) is 0 Å². The van der Waals surface area contributed by atoms with Crippen molar-refractivity contribution in [1.29, 1.82) is 0 Å². The van der Waals surface area contributed by atoms with E-state index in [1.165, 1.54) is 12.1 Å². The van der Waals surface area contributed by atoms with Crippen molar-refractivity contribution in [1.82, 2.24) is 19.1 Å². The fourth-order valence-corrected chi connectivity index (χ4v) is 8.34. The molecule has 0 aliphatic heterocycles. The van der Waals surface area contributed by atoms with Crippen molar-refractivity contribution in [3.63, 3.8) is 0 Å². The number of rotatable bonds is 5. The average Bonchev–Trinajstić information content (AvgIpc) is 3.97. The number of para-hydroxylation sites is 3. The molecular weight excluding hydrogens is 697 g/mol. The second-order valence-electron chi connectivity index (χ2n) is 14.1. The smallest absolute Gasteiger partial charge is 0.160 e. The van der Waals surface area contributed by atoms with Gasteiger partial charge in [-0.15, -0.1) is 0 Å². The van der Waals surface area contributed by atoms with Crippen molar-refractivity contribution in [2.45, 2.75) is 0 Å². The Morgan fingerprint density at radius 2 is 1.05 bits per heavy atom. The van der Waals surface area contributed by atoms with E-state index in [2.05, 4.69) is 0 Å². The minimum Gasteiger partial charge on any atom is -0.456 e. The van der Waals surface area contributed by atoms with Crippen LogP contribution < -0.4 is 0 Å². The molecule has 0 saturated carbocycles. The Kier molecular flexibility index (Phi) is 5.67. The second-order valence-corrected chi connectivity index (χ2v) is 14.1. The predicted octanol–water partition coefficient (Wildman–Crippen LogP) is 13.6. The van der Waals surface area contributed by atoms with Gasteiger partial charge in [-0.1, -0.05) is 139 Å². The topological polar surface area (TPSA) is 48.8 Å². The molecule has 0 atom stereocenters. The molecule has 0 N–H and O–H groups in total. The normalized spacial score (nSPS) is 13.3. The summed E-state index contributed by atoms with van der Waals surface area (Å²) in [5.41, 5.74) is 8.96. The Balaban J connectivity index is 1.18. The van der Waals surface area contributed by atoms with Gasteiger partial charge in [-0.05, 0) is 54.5 Å². The van der Waals surface area contributed by atoms with Crippen LogP contribution in [0.3, 0.4) is 0 Å². The lowest BCUT2D eigenvalue weighted by molar-refractivity contribution is 0.669. The summed E-state index contributed by atoms with van der Waals surface area (Å²) in [5, 5.41) is 3.46. The Bertz CT molecular complexity index is 3800. The molecule has 12 rings (SSSR count). The summed E-state index contributed by atoms with van der Waals surface area (Å²) in [7, 11) is 0. The van der Waals surface area contributed by atoms with Gasteiger partial charge in [0, 0.05) is 49.3 Å². The molecule has 57 heavy (non-hydrogen) atoms. The van der Waals surface area contributed by atoms with E-state index in [9.17, 15) is 5.48 Å². The Morgan fingerprint density at radius 3 is 1.75 bits per heavy atom. The van der Waals surface area contributed by atoms with Gasteiger partial charge in [0.1, 0.15) is 11.2 Å². The van der Waals surface area contributed by atoms with Crippen molar-refractivity contribution >= 4 is 65.6 Å². The van der Waals surface area contributed by atoms with Gasteiger partial charge in [0.25, 0.3) is 0 Å². The number of nitrogens with zero attached hydrogens (tertiary/aromatic N) is 4. The Labute approximate surface area is 335 Å². The van der Waals surface area contributed by atoms with E-state index >= 15 is 0 Å². The molecule has 0 spiro atoms. The second kappa shape index (κ2) is 12.4. The SMILES string of the molecule is [2H]c1cc([2H])c2c(c1)c1c([2H])c([2H])c3c4cc([2H])cc([2H])c4n(-c4cccc5oc6cc(-c7cc(-c8ccccc8)nc(-c8ccccc8)n7)ccc6c45)c3c1n2-c1ccccc1. The largest absolute Gasteiger partial charge is 0.456 e. The first kappa shape index (κ1) is 26.1. The van der Waals surface area contributed by atoms with E-state index in [4.69, 9.17) is 17.1 Å². The summed E-state index contributed by atoms with van der Waals surface area (Å²) in [6, 6.07) is 50.0. The number of hydrogen-bond donors (Lipinski definition) is 0. The highest BCUT2D eigenvalue weighted by atomic mass is 16.3. The molecule has 0 saturated heterocycles. The van der Waals surface area contributed by atoms with Crippen molar-refractivity contribution < 1.29 is 12.6 Å². The molecule has 12 aromatic rings. The Morgan fingerprint density at radius 1 is 0.439 bits per heavy atom. The standard InChI is InChI=1S/C52H32N4O/c1-4-15-33(16-5-1)42-32-43(54-52(53-42)34-17-6-2-7-18-34)35-27-28-41-48(31-35)57-47-26-14-25-46(49(41)47)56-45-24-13-11-22-38(45)40-30-29-39-37-21-10-12-23-44(37)55(50(39)51(40)56)36-19-8-3-9-20-36/h1-32H/i10D,11D,23D,24D,29D,30D. The van der Waals surface area contributed by atoms with E-state index in [-0.39, 0.29) is 36.3 Å². The maximum absolute atomic E-state index is 9.62. The first-order valence-electron chi connectivity index (χ1n) is 21.7. The highest BCUT2D eigenvalue weighted by Gasteiger charge is 2.23. The van der Waals surface area contributed by atoms with E-state index in [0.29, 0.717) is 66.3 Å². The quantitative estimate of drug-likeness (QED) is 0.177. The molecule has 0 aliphatic carbocycles. The van der Waals surface area contributed by atoms with Crippen LogP contribution in [0.1, 0.15) is 8.22 Å². The fourth-order valence-electron chi connectivity index (χ4n) is 8.34. The lowest BCUT2D eigenvalue weighted by atomic mass is 10.0. The summed E-state index contributed by atoms with van der Waals surface area (Å²) < 4.78 is 65.7. The molecule has 0 fully saturated rings. The van der Waals surface area contributed by atoms with Crippen LogP contribution in [0.4, 0.5) is 0 Å². The summed E-state index contributed by atoms with van der Waals surface area (Å²) in [5.74, 6) is 0.604. The molecule has 4 heterocycles. The molecule has 0 bridgehead atoms. The van der Waals surface area contributed by atoms with Gasteiger partial charge in [0.2, 0.25) is 0 Å². The monoisotopic (exact) mass is 734 g/mol. The molecule has 0 amide bonds. The van der Waals surface area contributed by atoms with Crippen LogP contribution in [0.2, 0.25) is 0 Å². The molecule has 5 nitrogen and oxygen atoms in total. The van der Waals surface area contributed by atoms with Crippen LogP contribution in [0.5, 0.6) is 0 Å². The molecular formula is C52H32N4O. The number of furan rings is 1. The summed E-state index contributed by atoms with van der Waals surface area (Å²) in [6.45, 7) is 0. The zero-order valence-corrected chi connectivity index (χ0v) is 30.2. The van der Waals surface area contributed by atoms with Crippen molar-refractivity contribution in [2.75, 3.05) is 0 Å². The molecule has 5 heteroatoms. The number of benzene rings is 8. The summed E-state index contributed by atoms with van der Waals surface area (Å²) in [6.07, 6.45) is 0. The molecule has 0 unspecified atom stereocenters. The molecule has 0 radical (unpaired) electrons. The van der Waals surface area contributed by atoms with Crippen LogP contribution in [-0.4, -0.2) is 19.1 Å². The number of aromatic nitrogens is 4. The van der Waals surface area contributed by atoms with Crippen LogP contribution in [0, 0.1) is 0 Å². The third-order valence-electron chi connectivity index (χ3n) is 10.8. The maximum Gasteiger partial charge on any atom is 0.160 e. The zero-order valence-electron chi connectivity index (χ0n) is 36.2. The van der Waals surface area contributed by atoms with Gasteiger partial charge >= 0.3 is 0 Å². The van der Waals surface area contributed by atoms with E-state index in [1.54, 1.807) is 12.1 Å². The minimum absolute atomic E-state index is 0.0572. The lowest BCUT2D eigenvalue weighted by Gasteiger charge is -2.13.